The monoisotopic (exact) mass is 577 g/mol. The first-order chi connectivity index (χ1) is 19.5. The van der Waals surface area contributed by atoms with E-state index in [1.54, 1.807) is 11.5 Å². The third-order valence-electron chi connectivity index (χ3n) is 9.79. The number of hydrogen-bond donors (Lipinski definition) is 4. The third-order valence-corrected chi connectivity index (χ3v) is 9.79. The highest BCUT2D eigenvalue weighted by Gasteiger charge is 2.53. The molecule has 10 heteroatoms. The zero-order valence-corrected chi connectivity index (χ0v) is 24.6. The lowest BCUT2D eigenvalue weighted by Crippen LogP contribution is -2.51. The molecule has 4 saturated carbocycles. The Hall–Kier alpha value is -2.75. The number of carboxylic acid groups (broad SMARTS) is 1. The van der Waals surface area contributed by atoms with Crippen LogP contribution in [0.3, 0.4) is 0 Å². The SMILES string of the molecule is CCCCOC(=O)C(CC(C)C(=O)O)CC(Cc1c(C)c(O)n(C23CC4CC(CC(C4)C2)C3)c1O)C(=O)OCCO. The van der Waals surface area contributed by atoms with E-state index in [1.807, 2.05) is 6.92 Å². The molecule has 1 aromatic heterocycles. The fourth-order valence-corrected chi connectivity index (χ4v) is 8.11. The second kappa shape index (κ2) is 13.0. The van der Waals surface area contributed by atoms with Crippen LogP contribution in [0.2, 0.25) is 0 Å². The minimum atomic E-state index is -1.05. The number of nitrogens with zero attached hydrogens (tertiary/aromatic N) is 1. The number of carboxylic acids is 1. The van der Waals surface area contributed by atoms with Gasteiger partial charge in [0.25, 0.3) is 0 Å². The summed E-state index contributed by atoms with van der Waals surface area (Å²) in [7, 11) is 0. The van der Waals surface area contributed by atoms with Gasteiger partial charge in [0.15, 0.2) is 11.8 Å². The zero-order valence-electron chi connectivity index (χ0n) is 24.6. The molecule has 230 valence electrons. The van der Waals surface area contributed by atoms with Crippen molar-refractivity contribution in [3.05, 3.63) is 11.1 Å². The number of ether oxygens (including phenoxy) is 2. The largest absolute Gasteiger partial charge is 0.494 e. The fraction of sp³-hybridized carbons (Fsp3) is 0.774. The fourth-order valence-electron chi connectivity index (χ4n) is 8.11. The van der Waals surface area contributed by atoms with Crippen LogP contribution in [0.25, 0.3) is 0 Å². The maximum atomic E-state index is 13.2. The van der Waals surface area contributed by atoms with Crippen LogP contribution in [0, 0.1) is 42.4 Å². The third kappa shape index (κ3) is 6.68. The van der Waals surface area contributed by atoms with Crippen molar-refractivity contribution in [2.45, 2.75) is 96.9 Å². The predicted octanol–water partition coefficient (Wildman–Crippen LogP) is 4.29. The lowest BCUT2D eigenvalue weighted by Gasteiger charge is -2.57. The first kappa shape index (κ1) is 31.2. The number of aliphatic hydroxyl groups excluding tert-OH is 1. The van der Waals surface area contributed by atoms with E-state index >= 15 is 0 Å². The van der Waals surface area contributed by atoms with E-state index in [-0.39, 0.29) is 56.4 Å². The Morgan fingerprint density at radius 2 is 1.49 bits per heavy atom. The number of aromatic nitrogens is 1. The quantitative estimate of drug-likeness (QED) is 0.176. The Labute approximate surface area is 242 Å². The first-order valence-electron chi connectivity index (χ1n) is 15.3. The zero-order chi connectivity index (χ0) is 29.9. The Bertz CT molecular complexity index is 1070. The van der Waals surface area contributed by atoms with Crippen LogP contribution in [0.15, 0.2) is 0 Å². The lowest BCUT2D eigenvalue weighted by molar-refractivity contribution is -0.154. The second-order valence-corrected chi connectivity index (χ2v) is 12.9. The Kier molecular flexibility index (Phi) is 9.93. The van der Waals surface area contributed by atoms with Crippen LogP contribution in [-0.4, -0.2) is 62.7 Å². The molecular formula is C31H47NO9. The van der Waals surface area contributed by atoms with Gasteiger partial charge in [-0.1, -0.05) is 20.3 Å². The van der Waals surface area contributed by atoms with Crippen LogP contribution >= 0.6 is 0 Å². The molecular weight excluding hydrogens is 530 g/mol. The summed E-state index contributed by atoms with van der Waals surface area (Å²) in [6, 6.07) is 0. The van der Waals surface area contributed by atoms with Crippen molar-refractivity contribution in [3.63, 3.8) is 0 Å². The summed E-state index contributed by atoms with van der Waals surface area (Å²) in [5.41, 5.74) is 0.564. The van der Waals surface area contributed by atoms with Crippen molar-refractivity contribution in [3.8, 4) is 11.8 Å². The summed E-state index contributed by atoms with van der Waals surface area (Å²) < 4.78 is 12.4. The summed E-state index contributed by atoms with van der Waals surface area (Å²) in [5.74, 6) is -3.22. The van der Waals surface area contributed by atoms with Crippen LogP contribution in [-0.2, 0) is 35.8 Å². The molecule has 10 nitrogen and oxygen atoms in total. The van der Waals surface area contributed by atoms with E-state index in [2.05, 4.69) is 0 Å². The van der Waals surface area contributed by atoms with Crippen molar-refractivity contribution in [1.82, 2.24) is 4.57 Å². The molecule has 1 aromatic rings. The number of hydrogen-bond acceptors (Lipinski definition) is 8. The molecule has 3 unspecified atom stereocenters. The van der Waals surface area contributed by atoms with E-state index in [9.17, 15) is 34.8 Å². The predicted molar refractivity (Wildman–Crippen MR) is 149 cm³/mol. The van der Waals surface area contributed by atoms with Gasteiger partial charge in [-0.2, -0.15) is 0 Å². The number of esters is 2. The number of aliphatic hydroxyl groups is 1. The molecule has 4 aliphatic carbocycles. The standard InChI is InChI=1S/C31H47NO9/c1-4-5-7-40-29(38)23(9-18(2)28(36)37)13-24(30(39)41-8-6-33)14-25-19(3)26(34)32(27(25)35)31-15-20-10-21(16-31)12-22(11-20)17-31/h18,20-24,33-35H,4-17H2,1-3H3,(H,36,37). The molecule has 0 aromatic carbocycles. The Morgan fingerprint density at radius 1 is 0.927 bits per heavy atom. The summed E-state index contributed by atoms with van der Waals surface area (Å²) in [5, 5.41) is 41.7. The lowest BCUT2D eigenvalue weighted by atomic mass is 9.53. The van der Waals surface area contributed by atoms with E-state index in [0.29, 0.717) is 35.3 Å². The van der Waals surface area contributed by atoms with E-state index in [0.717, 1.165) is 25.7 Å². The number of carbonyl (C=O) groups is 3. The Morgan fingerprint density at radius 3 is 2.02 bits per heavy atom. The van der Waals surface area contributed by atoms with Crippen LogP contribution < -0.4 is 0 Å². The molecule has 0 amide bonds. The summed E-state index contributed by atoms with van der Waals surface area (Å²) in [6.45, 7) is 4.80. The second-order valence-electron chi connectivity index (χ2n) is 12.9. The van der Waals surface area contributed by atoms with Crippen molar-refractivity contribution in [1.29, 1.82) is 0 Å². The van der Waals surface area contributed by atoms with Crippen LogP contribution in [0.5, 0.6) is 11.8 Å². The molecule has 4 aliphatic rings. The minimum absolute atomic E-state index is 0.00491. The topological polar surface area (TPSA) is 156 Å². The van der Waals surface area contributed by atoms with Gasteiger partial charge in [0, 0.05) is 11.1 Å². The van der Waals surface area contributed by atoms with E-state index in [4.69, 9.17) is 9.47 Å². The molecule has 4 N–H and O–H groups in total. The highest BCUT2D eigenvalue weighted by Crippen LogP contribution is 2.61. The normalized spacial score (nSPS) is 26.9. The van der Waals surface area contributed by atoms with Gasteiger partial charge in [-0.25, -0.2) is 0 Å². The average Bonchev–Trinajstić information content (AvgIpc) is 3.13. The number of unbranched alkanes of at least 4 members (excludes halogenated alkanes) is 1. The number of carbonyl (C=O) groups excluding carboxylic acids is 2. The van der Waals surface area contributed by atoms with Gasteiger partial charge in [0.05, 0.1) is 36.5 Å². The average molecular weight is 578 g/mol. The Balaban J connectivity index is 1.63. The van der Waals surface area contributed by atoms with E-state index < -0.39 is 35.7 Å². The number of aromatic hydroxyl groups is 2. The molecule has 0 saturated heterocycles. The highest BCUT2D eigenvalue weighted by atomic mass is 16.5. The van der Waals surface area contributed by atoms with Crippen molar-refractivity contribution >= 4 is 17.9 Å². The summed E-state index contributed by atoms with van der Waals surface area (Å²) >= 11 is 0. The molecule has 5 rings (SSSR count). The van der Waals surface area contributed by atoms with Crippen LogP contribution in [0.1, 0.15) is 89.2 Å². The molecule has 4 bridgehead atoms. The van der Waals surface area contributed by atoms with Gasteiger partial charge >= 0.3 is 17.9 Å². The first-order valence-corrected chi connectivity index (χ1v) is 15.3. The van der Waals surface area contributed by atoms with Gasteiger partial charge in [-0.15, -0.1) is 0 Å². The van der Waals surface area contributed by atoms with Gasteiger partial charge in [0.2, 0.25) is 0 Å². The molecule has 4 fully saturated rings. The van der Waals surface area contributed by atoms with Crippen molar-refractivity contribution in [2.75, 3.05) is 19.8 Å². The van der Waals surface area contributed by atoms with Crippen LogP contribution in [0.4, 0.5) is 0 Å². The van der Waals surface area contributed by atoms with Gasteiger partial charge < -0.3 is 29.9 Å². The smallest absolute Gasteiger partial charge is 0.309 e. The van der Waals surface area contributed by atoms with Gasteiger partial charge in [-0.05, 0) is 88.9 Å². The molecule has 41 heavy (non-hydrogen) atoms. The van der Waals surface area contributed by atoms with Crippen molar-refractivity contribution < 1.29 is 44.3 Å². The van der Waals surface area contributed by atoms with Gasteiger partial charge in [-0.3, -0.25) is 19.0 Å². The molecule has 3 atom stereocenters. The van der Waals surface area contributed by atoms with Gasteiger partial charge in [0.1, 0.15) is 6.61 Å². The summed E-state index contributed by atoms with van der Waals surface area (Å²) in [6.07, 6.45) is 7.77. The minimum Gasteiger partial charge on any atom is -0.494 e. The highest BCUT2D eigenvalue weighted by molar-refractivity contribution is 5.77. The molecule has 1 heterocycles. The van der Waals surface area contributed by atoms with Crippen molar-refractivity contribution in [2.24, 2.45) is 35.5 Å². The summed E-state index contributed by atoms with van der Waals surface area (Å²) in [4.78, 5) is 37.9. The van der Waals surface area contributed by atoms with E-state index in [1.165, 1.54) is 26.2 Å². The molecule has 0 aliphatic heterocycles. The molecule has 0 radical (unpaired) electrons. The number of rotatable bonds is 15. The maximum absolute atomic E-state index is 13.2. The maximum Gasteiger partial charge on any atom is 0.309 e. The number of aliphatic carboxylic acids is 1. The molecule has 0 spiro atoms.